The fourth-order valence-corrected chi connectivity index (χ4v) is 4.43. The van der Waals surface area contributed by atoms with Crippen LogP contribution in [-0.2, 0) is 26.2 Å². The van der Waals surface area contributed by atoms with Crippen molar-refractivity contribution in [2.45, 2.75) is 43.7 Å². The Morgan fingerprint density at radius 3 is 2.59 bits per heavy atom. The molecule has 1 heterocycles. The number of likely N-dealkylation sites (tertiary alicyclic amines) is 1. The van der Waals surface area contributed by atoms with Crippen LogP contribution in [0, 0.1) is 0 Å². The summed E-state index contributed by atoms with van der Waals surface area (Å²) in [6.45, 7) is 2.73. The average molecular weight is 416 g/mol. The lowest BCUT2D eigenvalue weighted by atomic mass is 10.1. The molecule has 2 aromatic carbocycles. The van der Waals surface area contributed by atoms with Gasteiger partial charge in [0.15, 0.2) is 0 Å². The molecule has 1 atom stereocenters. The maximum Gasteiger partial charge on any atom is 0.242 e. The van der Waals surface area contributed by atoms with Gasteiger partial charge in [0, 0.05) is 25.2 Å². The van der Waals surface area contributed by atoms with Crippen molar-refractivity contribution < 1.29 is 18.0 Å². The second-order valence-corrected chi connectivity index (χ2v) is 8.83. The molecule has 1 aliphatic rings. The zero-order valence-electron chi connectivity index (χ0n) is 16.3. The maximum atomic E-state index is 12.5. The Balaban J connectivity index is 1.62. The van der Waals surface area contributed by atoms with E-state index in [4.69, 9.17) is 0 Å². The van der Waals surface area contributed by atoms with Crippen molar-refractivity contribution in [2.75, 3.05) is 11.9 Å². The molecule has 7 nitrogen and oxygen atoms in total. The summed E-state index contributed by atoms with van der Waals surface area (Å²) in [7, 11) is -3.79. The summed E-state index contributed by atoms with van der Waals surface area (Å²) in [6, 6.07) is 14.2. The molecule has 0 bridgehead atoms. The minimum atomic E-state index is -3.79. The second kappa shape index (κ2) is 9.19. The van der Waals surface area contributed by atoms with Gasteiger partial charge >= 0.3 is 0 Å². The highest BCUT2D eigenvalue weighted by atomic mass is 32.2. The van der Waals surface area contributed by atoms with Gasteiger partial charge in [0.1, 0.15) is 0 Å². The first-order valence-electron chi connectivity index (χ1n) is 9.60. The largest absolute Gasteiger partial charge is 0.338 e. The molecule has 0 aliphatic carbocycles. The second-order valence-electron chi connectivity index (χ2n) is 7.12. The predicted octanol–water partition coefficient (Wildman–Crippen LogP) is 2.50. The lowest BCUT2D eigenvalue weighted by Crippen LogP contribution is -2.41. The number of benzene rings is 2. The van der Waals surface area contributed by atoms with E-state index in [0.717, 1.165) is 24.9 Å². The molecular formula is C21H25N3O4S. The van der Waals surface area contributed by atoms with Gasteiger partial charge in [-0.3, -0.25) is 9.59 Å². The van der Waals surface area contributed by atoms with E-state index >= 15 is 0 Å². The number of rotatable bonds is 7. The van der Waals surface area contributed by atoms with E-state index in [2.05, 4.69) is 10.0 Å². The summed E-state index contributed by atoms with van der Waals surface area (Å²) in [6.07, 6.45) is 2.51. The van der Waals surface area contributed by atoms with E-state index in [1.54, 1.807) is 36.4 Å². The highest BCUT2D eigenvalue weighted by Crippen LogP contribution is 2.17. The fourth-order valence-electron chi connectivity index (χ4n) is 3.20. The Hall–Kier alpha value is -2.71. The molecule has 0 unspecified atom stereocenters. The standard InChI is InChI=1S/C21H25N3O4S/c1-16(23-29(27,28)19-10-3-2-4-11-19)21(26)22-18-9-7-8-17(14-18)15-24-13-6-5-12-20(24)25/h2-4,7-11,14,16,23H,5-6,12-13,15H2,1H3,(H,22,26)/t16-/m0/s1. The van der Waals surface area contributed by atoms with Crippen LogP contribution in [0.2, 0.25) is 0 Å². The molecule has 1 saturated heterocycles. The first-order valence-corrected chi connectivity index (χ1v) is 11.1. The SMILES string of the molecule is C[C@H](NS(=O)(=O)c1ccccc1)C(=O)Nc1cccc(CN2CCCCC2=O)c1. The molecule has 0 saturated carbocycles. The smallest absolute Gasteiger partial charge is 0.242 e. The molecule has 1 fully saturated rings. The van der Waals surface area contributed by atoms with Crippen molar-refractivity contribution in [2.24, 2.45) is 0 Å². The number of sulfonamides is 1. The zero-order chi connectivity index (χ0) is 20.9. The molecule has 0 spiro atoms. The molecule has 1 aliphatic heterocycles. The monoisotopic (exact) mass is 415 g/mol. The van der Waals surface area contributed by atoms with Crippen molar-refractivity contribution in [1.82, 2.24) is 9.62 Å². The third-order valence-corrected chi connectivity index (χ3v) is 6.32. The summed E-state index contributed by atoms with van der Waals surface area (Å²) >= 11 is 0. The van der Waals surface area contributed by atoms with E-state index in [9.17, 15) is 18.0 Å². The quantitative estimate of drug-likeness (QED) is 0.726. The fraction of sp³-hybridized carbons (Fsp3) is 0.333. The molecule has 2 aromatic rings. The van der Waals surface area contributed by atoms with E-state index < -0.39 is 22.0 Å². The number of hydrogen-bond donors (Lipinski definition) is 2. The molecule has 2 N–H and O–H groups in total. The van der Waals surface area contributed by atoms with Crippen LogP contribution in [0.25, 0.3) is 0 Å². The van der Waals surface area contributed by atoms with Crippen LogP contribution in [0.4, 0.5) is 5.69 Å². The van der Waals surface area contributed by atoms with Crippen molar-refractivity contribution in [3.05, 3.63) is 60.2 Å². The van der Waals surface area contributed by atoms with Crippen LogP contribution in [0.1, 0.15) is 31.7 Å². The lowest BCUT2D eigenvalue weighted by Gasteiger charge is -2.27. The molecule has 29 heavy (non-hydrogen) atoms. The Kier molecular flexibility index (Phi) is 6.66. The van der Waals surface area contributed by atoms with Gasteiger partial charge in [0.05, 0.1) is 10.9 Å². The number of amides is 2. The lowest BCUT2D eigenvalue weighted by molar-refractivity contribution is -0.133. The van der Waals surface area contributed by atoms with Gasteiger partial charge in [-0.1, -0.05) is 30.3 Å². The van der Waals surface area contributed by atoms with E-state index in [1.165, 1.54) is 19.1 Å². The maximum absolute atomic E-state index is 12.5. The van der Waals surface area contributed by atoms with E-state index in [1.807, 2.05) is 11.0 Å². The van der Waals surface area contributed by atoms with Crippen LogP contribution >= 0.6 is 0 Å². The number of anilines is 1. The van der Waals surface area contributed by atoms with E-state index in [-0.39, 0.29) is 10.8 Å². The highest BCUT2D eigenvalue weighted by Gasteiger charge is 2.22. The van der Waals surface area contributed by atoms with Crippen LogP contribution < -0.4 is 10.0 Å². The van der Waals surface area contributed by atoms with Gasteiger partial charge in [-0.05, 0) is 49.6 Å². The van der Waals surface area contributed by atoms with Crippen LogP contribution in [0.15, 0.2) is 59.5 Å². The van der Waals surface area contributed by atoms with Gasteiger partial charge in [-0.25, -0.2) is 8.42 Å². The Morgan fingerprint density at radius 1 is 1.10 bits per heavy atom. The first-order chi connectivity index (χ1) is 13.8. The van der Waals surface area contributed by atoms with Gasteiger partial charge in [-0.15, -0.1) is 0 Å². The van der Waals surface area contributed by atoms with Gasteiger partial charge in [0.25, 0.3) is 0 Å². The molecule has 3 rings (SSSR count). The normalized spacial score (nSPS) is 15.8. The molecular weight excluding hydrogens is 390 g/mol. The molecule has 8 heteroatoms. The number of nitrogens with one attached hydrogen (secondary N) is 2. The molecule has 154 valence electrons. The van der Waals surface area contributed by atoms with Crippen LogP contribution in [0.3, 0.4) is 0 Å². The van der Waals surface area contributed by atoms with Crippen molar-refractivity contribution in [1.29, 1.82) is 0 Å². The average Bonchev–Trinajstić information content (AvgIpc) is 2.70. The Bertz CT molecular complexity index is 976. The summed E-state index contributed by atoms with van der Waals surface area (Å²) in [5.41, 5.74) is 1.47. The summed E-state index contributed by atoms with van der Waals surface area (Å²) < 4.78 is 27.1. The first kappa shape index (κ1) is 21.0. The van der Waals surface area contributed by atoms with E-state index in [0.29, 0.717) is 18.7 Å². The summed E-state index contributed by atoms with van der Waals surface area (Å²) in [5, 5.41) is 2.74. The zero-order valence-corrected chi connectivity index (χ0v) is 17.1. The number of carbonyl (C=O) groups is 2. The number of nitrogens with zero attached hydrogens (tertiary/aromatic N) is 1. The Labute approximate surface area is 171 Å². The van der Waals surface area contributed by atoms with Gasteiger partial charge < -0.3 is 10.2 Å². The molecule has 2 amide bonds. The minimum Gasteiger partial charge on any atom is -0.338 e. The highest BCUT2D eigenvalue weighted by molar-refractivity contribution is 7.89. The predicted molar refractivity (Wildman–Crippen MR) is 111 cm³/mol. The third kappa shape index (κ3) is 5.65. The number of piperidine rings is 1. The summed E-state index contributed by atoms with van der Waals surface area (Å²) in [5.74, 6) is -0.315. The summed E-state index contributed by atoms with van der Waals surface area (Å²) in [4.78, 5) is 26.4. The number of carbonyl (C=O) groups excluding carboxylic acids is 2. The van der Waals surface area contributed by atoms with Gasteiger partial charge in [0.2, 0.25) is 21.8 Å². The van der Waals surface area contributed by atoms with Crippen LogP contribution in [0.5, 0.6) is 0 Å². The molecule has 0 radical (unpaired) electrons. The number of hydrogen-bond acceptors (Lipinski definition) is 4. The molecule has 0 aromatic heterocycles. The van der Waals surface area contributed by atoms with Crippen LogP contribution in [-0.4, -0.2) is 37.7 Å². The van der Waals surface area contributed by atoms with Crippen molar-refractivity contribution in [3.8, 4) is 0 Å². The Morgan fingerprint density at radius 2 is 1.86 bits per heavy atom. The van der Waals surface area contributed by atoms with Crippen molar-refractivity contribution >= 4 is 27.5 Å². The topological polar surface area (TPSA) is 95.6 Å². The van der Waals surface area contributed by atoms with Gasteiger partial charge in [-0.2, -0.15) is 4.72 Å². The minimum absolute atomic E-state index is 0.104. The van der Waals surface area contributed by atoms with Crippen molar-refractivity contribution in [3.63, 3.8) is 0 Å². The third-order valence-electron chi connectivity index (χ3n) is 4.77.